The number of aromatic nitrogens is 4. The molecule has 3 rings (SSSR count). The molecule has 2 N–H and O–H groups in total. The lowest BCUT2D eigenvalue weighted by atomic mass is 9.92. The van der Waals surface area contributed by atoms with E-state index < -0.39 is 5.92 Å². The fourth-order valence-corrected chi connectivity index (χ4v) is 2.92. The van der Waals surface area contributed by atoms with Crippen LogP contribution in [0.1, 0.15) is 43.0 Å². The molecule has 0 spiro atoms. The molecular formula is C16H19F2N7. The molecule has 1 fully saturated rings. The number of rotatable bonds is 4. The SMILES string of the molecule is CNc1nc(Nc2cn(C3CCC(F)(F)CC3)nc2C)ncc1C#N. The van der Waals surface area contributed by atoms with Crippen LogP contribution in [0.3, 0.4) is 0 Å². The highest BCUT2D eigenvalue weighted by Crippen LogP contribution is 2.38. The van der Waals surface area contributed by atoms with Crippen molar-refractivity contribution in [3.8, 4) is 6.07 Å². The molecule has 2 aromatic heterocycles. The first-order valence-corrected chi connectivity index (χ1v) is 8.07. The van der Waals surface area contributed by atoms with E-state index in [1.54, 1.807) is 17.9 Å². The normalized spacial score (nSPS) is 17.1. The van der Waals surface area contributed by atoms with Crippen LogP contribution in [0, 0.1) is 18.3 Å². The zero-order valence-corrected chi connectivity index (χ0v) is 14.1. The molecule has 1 aliphatic carbocycles. The maximum absolute atomic E-state index is 13.3. The number of hydrogen-bond donors (Lipinski definition) is 2. The number of anilines is 3. The van der Waals surface area contributed by atoms with Gasteiger partial charge in [0.05, 0.1) is 23.6 Å². The highest BCUT2D eigenvalue weighted by atomic mass is 19.3. The molecule has 9 heteroatoms. The van der Waals surface area contributed by atoms with Crippen molar-refractivity contribution in [3.05, 3.63) is 23.7 Å². The first kappa shape index (κ1) is 17.1. The van der Waals surface area contributed by atoms with Crippen LogP contribution in [0.2, 0.25) is 0 Å². The summed E-state index contributed by atoms with van der Waals surface area (Å²) < 4.78 is 28.4. The van der Waals surface area contributed by atoms with Gasteiger partial charge in [0.15, 0.2) is 0 Å². The number of alkyl halides is 2. The van der Waals surface area contributed by atoms with Crippen LogP contribution in [0.25, 0.3) is 0 Å². The largest absolute Gasteiger partial charge is 0.372 e. The number of hydrogen-bond acceptors (Lipinski definition) is 6. The van der Waals surface area contributed by atoms with Gasteiger partial charge in [0.25, 0.3) is 0 Å². The molecule has 0 radical (unpaired) electrons. The molecule has 7 nitrogen and oxygen atoms in total. The second-order valence-electron chi connectivity index (χ2n) is 6.14. The predicted octanol–water partition coefficient (Wildman–Crippen LogP) is 3.39. The Morgan fingerprint density at radius 1 is 1.36 bits per heavy atom. The molecule has 132 valence electrons. The van der Waals surface area contributed by atoms with Crippen LogP contribution in [-0.2, 0) is 0 Å². The molecule has 25 heavy (non-hydrogen) atoms. The monoisotopic (exact) mass is 347 g/mol. The quantitative estimate of drug-likeness (QED) is 0.881. The lowest BCUT2D eigenvalue weighted by Gasteiger charge is -2.28. The molecule has 0 atom stereocenters. The van der Waals surface area contributed by atoms with Gasteiger partial charge in [0.1, 0.15) is 17.5 Å². The highest BCUT2D eigenvalue weighted by molar-refractivity contribution is 5.59. The smallest absolute Gasteiger partial charge is 0.248 e. The third-order valence-electron chi connectivity index (χ3n) is 4.37. The number of nitrogens with one attached hydrogen (secondary N) is 2. The number of aryl methyl sites for hydroxylation is 1. The van der Waals surface area contributed by atoms with Crippen molar-refractivity contribution in [1.29, 1.82) is 5.26 Å². The number of nitriles is 1. The van der Waals surface area contributed by atoms with E-state index in [-0.39, 0.29) is 18.9 Å². The van der Waals surface area contributed by atoms with Crippen molar-refractivity contribution in [2.45, 2.75) is 44.6 Å². The van der Waals surface area contributed by atoms with Gasteiger partial charge in [0, 0.05) is 26.1 Å². The topological polar surface area (TPSA) is 91.4 Å². The van der Waals surface area contributed by atoms with Gasteiger partial charge < -0.3 is 10.6 Å². The Kier molecular flexibility index (Phi) is 4.53. The summed E-state index contributed by atoms with van der Waals surface area (Å²) in [5.41, 5.74) is 1.80. The van der Waals surface area contributed by atoms with E-state index in [0.29, 0.717) is 35.9 Å². The Morgan fingerprint density at radius 3 is 2.72 bits per heavy atom. The lowest BCUT2D eigenvalue weighted by molar-refractivity contribution is -0.0450. The molecule has 2 heterocycles. The molecule has 0 aromatic carbocycles. The zero-order chi connectivity index (χ0) is 18.0. The molecule has 0 unspecified atom stereocenters. The summed E-state index contributed by atoms with van der Waals surface area (Å²) in [6.45, 7) is 1.83. The maximum Gasteiger partial charge on any atom is 0.248 e. The van der Waals surface area contributed by atoms with E-state index in [1.807, 2.05) is 13.0 Å². The van der Waals surface area contributed by atoms with Crippen LogP contribution in [0.5, 0.6) is 0 Å². The van der Waals surface area contributed by atoms with E-state index in [1.165, 1.54) is 6.20 Å². The van der Waals surface area contributed by atoms with Crippen molar-refractivity contribution < 1.29 is 8.78 Å². The minimum absolute atomic E-state index is 0.0244. The summed E-state index contributed by atoms with van der Waals surface area (Å²) in [4.78, 5) is 8.36. The molecule has 0 bridgehead atoms. The van der Waals surface area contributed by atoms with Crippen molar-refractivity contribution in [2.24, 2.45) is 0 Å². The fraction of sp³-hybridized carbons (Fsp3) is 0.500. The van der Waals surface area contributed by atoms with Gasteiger partial charge in [0.2, 0.25) is 11.9 Å². The maximum atomic E-state index is 13.3. The second kappa shape index (κ2) is 6.63. The van der Waals surface area contributed by atoms with Gasteiger partial charge in [-0.15, -0.1) is 0 Å². The minimum Gasteiger partial charge on any atom is -0.372 e. The van der Waals surface area contributed by atoms with Crippen molar-refractivity contribution in [2.75, 3.05) is 17.7 Å². The number of halogens is 2. The Bertz CT molecular complexity index is 799. The summed E-state index contributed by atoms with van der Waals surface area (Å²) in [6, 6.07) is 1.99. The van der Waals surface area contributed by atoms with E-state index in [0.717, 1.165) is 5.69 Å². The van der Waals surface area contributed by atoms with Crippen molar-refractivity contribution in [3.63, 3.8) is 0 Å². The first-order valence-electron chi connectivity index (χ1n) is 8.07. The molecular weight excluding hydrogens is 328 g/mol. The Morgan fingerprint density at radius 2 is 2.08 bits per heavy atom. The summed E-state index contributed by atoms with van der Waals surface area (Å²) >= 11 is 0. The highest BCUT2D eigenvalue weighted by Gasteiger charge is 2.35. The van der Waals surface area contributed by atoms with Crippen LogP contribution in [-0.4, -0.2) is 32.7 Å². The average molecular weight is 347 g/mol. The summed E-state index contributed by atoms with van der Waals surface area (Å²) in [5.74, 6) is -1.79. The van der Waals surface area contributed by atoms with Crippen LogP contribution in [0.4, 0.5) is 26.2 Å². The van der Waals surface area contributed by atoms with Gasteiger partial charge in [-0.1, -0.05) is 0 Å². The number of nitrogens with zero attached hydrogens (tertiary/aromatic N) is 5. The third-order valence-corrected chi connectivity index (χ3v) is 4.37. The fourth-order valence-electron chi connectivity index (χ4n) is 2.92. The van der Waals surface area contributed by atoms with Gasteiger partial charge in [-0.2, -0.15) is 15.3 Å². The Balaban J connectivity index is 1.76. The Labute approximate surface area is 144 Å². The van der Waals surface area contributed by atoms with E-state index in [2.05, 4.69) is 25.7 Å². The van der Waals surface area contributed by atoms with Crippen molar-refractivity contribution >= 4 is 17.5 Å². The van der Waals surface area contributed by atoms with Gasteiger partial charge >= 0.3 is 0 Å². The standard InChI is InChI=1S/C16H19F2N7/c1-10-13(22-15-21-8-11(7-19)14(20-2)23-15)9-25(24-10)12-3-5-16(17,18)6-4-12/h8-9,12H,3-6H2,1-2H3,(H2,20,21,22,23). The summed E-state index contributed by atoms with van der Waals surface area (Å²) in [5, 5.41) is 19.4. The molecule has 0 amide bonds. The van der Waals surface area contributed by atoms with E-state index in [4.69, 9.17) is 5.26 Å². The van der Waals surface area contributed by atoms with Crippen molar-refractivity contribution in [1.82, 2.24) is 19.7 Å². The van der Waals surface area contributed by atoms with E-state index in [9.17, 15) is 8.78 Å². The third kappa shape index (κ3) is 3.68. The van der Waals surface area contributed by atoms with E-state index >= 15 is 0 Å². The predicted molar refractivity (Wildman–Crippen MR) is 89.0 cm³/mol. The molecule has 2 aromatic rings. The van der Waals surface area contributed by atoms with Gasteiger partial charge in [-0.3, -0.25) is 4.68 Å². The molecule has 1 aliphatic rings. The Hall–Kier alpha value is -2.76. The van der Waals surface area contributed by atoms with Crippen LogP contribution < -0.4 is 10.6 Å². The molecule has 1 saturated carbocycles. The average Bonchev–Trinajstić information content (AvgIpc) is 2.95. The van der Waals surface area contributed by atoms with Gasteiger partial charge in [-0.05, 0) is 19.8 Å². The first-order chi connectivity index (χ1) is 11.9. The van der Waals surface area contributed by atoms with Crippen LogP contribution in [0.15, 0.2) is 12.4 Å². The lowest BCUT2D eigenvalue weighted by Crippen LogP contribution is -2.26. The summed E-state index contributed by atoms with van der Waals surface area (Å²) in [7, 11) is 1.68. The molecule has 0 aliphatic heterocycles. The second-order valence-corrected chi connectivity index (χ2v) is 6.14. The zero-order valence-electron chi connectivity index (χ0n) is 14.1. The van der Waals surface area contributed by atoms with Crippen LogP contribution >= 0.6 is 0 Å². The minimum atomic E-state index is -2.56. The summed E-state index contributed by atoms with van der Waals surface area (Å²) in [6.07, 6.45) is 3.83. The van der Waals surface area contributed by atoms with Gasteiger partial charge in [-0.25, -0.2) is 13.8 Å². The molecule has 0 saturated heterocycles.